The van der Waals surface area contributed by atoms with Crippen molar-refractivity contribution in [1.29, 1.82) is 0 Å². The van der Waals surface area contributed by atoms with Crippen LogP contribution in [-0.2, 0) is 32.1 Å². The fourth-order valence-electron chi connectivity index (χ4n) is 3.26. The largest absolute Gasteiger partial charge is 0.456 e. The smallest absolute Gasteiger partial charge is 0.355 e. The lowest BCUT2D eigenvalue weighted by Crippen LogP contribution is -2.70. The van der Waals surface area contributed by atoms with Crippen LogP contribution in [0.4, 0.5) is 10.8 Å². The zero-order valence-electron chi connectivity index (χ0n) is 16.4. The van der Waals surface area contributed by atoms with Crippen molar-refractivity contribution in [2.75, 3.05) is 11.5 Å². The summed E-state index contributed by atoms with van der Waals surface area (Å²) in [6.45, 7) is -0.0923. The molecule has 13 heteroatoms. The second-order valence-electron chi connectivity index (χ2n) is 6.92. The van der Waals surface area contributed by atoms with Crippen molar-refractivity contribution in [3.8, 4) is 0 Å². The molecule has 32 heavy (non-hydrogen) atoms. The van der Waals surface area contributed by atoms with Gasteiger partial charge in [0.2, 0.25) is 5.91 Å². The Morgan fingerprint density at radius 2 is 2.09 bits per heavy atom. The monoisotopic (exact) mass is 475 g/mol. The van der Waals surface area contributed by atoms with Gasteiger partial charge in [-0.05, 0) is 23.8 Å². The number of esters is 1. The first-order chi connectivity index (χ1) is 15.3. The molecule has 2 atom stereocenters. The maximum absolute atomic E-state index is 12.6. The van der Waals surface area contributed by atoms with Gasteiger partial charge in [0.1, 0.15) is 23.7 Å². The number of amides is 2. The van der Waals surface area contributed by atoms with E-state index in [1.54, 1.807) is 11.5 Å². The normalized spacial score (nSPS) is 19.4. The number of β-lactam (4-membered cyclic amide) rings is 1. The number of anilines is 1. The summed E-state index contributed by atoms with van der Waals surface area (Å²) < 4.78 is 5.28. The Bertz CT molecular complexity index is 1120. The summed E-state index contributed by atoms with van der Waals surface area (Å²) in [6, 6.07) is 4.89. The Morgan fingerprint density at radius 1 is 1.34 bits per heavy atom. The number of nitrogen functional groups attached to an aromatic ring is 1. The number of carbonyl (C=O) groups is 3. The summed E-state index contributed by atoms with van der Waals surface area (Å²) in [6.07, 6.45) is 1.61. The molecular weight excluding hydrogens is 458 g/mol. The first-order valence-corrected chi connectivity index (χ1v) is 11.3. The lowest BCUT2D eigenvalue weighted by Gasteiger charge is -2.48. The van der Waals surface area contributed by atoms with E-state index in [0.717, 1.165) is 0 Å². The molecule has 0 spiro atoms. The van der Waals surface area contributed by atoms with Crippen LogP contribution in [0.5, 0.6) is 0 Å². The second kappa shape index (κ2) is 8.96. The van der Waals surface area contributed by atoms with Crippen LogP contribution in [0.3, 0.4) is 0 Å². The van der Waals surface area contributed by atoms with Crippen LogP contribution in [0.15, 0.2) is 41.4 Å². The van der Waals surface area contributed by atoms with Gasteiger partial charge in [0.15, 0.2) is 5.13 Å². The van der Waals surface area contributed by atoms with Crippen LogP contribution in [0.1, 0.15) is 11.3 Å². The number of carbonyl (C=O) groups excluding carboxylic acids is 3. The molecule has 4 rings (SSSR count). The van der Waals surface area contributed by atoms with Crippen LogP contribution in [-0.4, -0.2) is 49.8 Å². The molecule has 0 saturated carbocycles. The summed E-state index contributed by atoms with van der Waals surface area (Å²) in [5.41, 5.74) is 6.73. The molecule has 0 aliphatic carbocycles. The molecule has 0 radical (unpaired) electrons. The summed E-state index contributed by atoms with van der Waals surface area (Å²) in [5, 5.41) is 15.0. The number of nitrogens with zero attached hydrogens (tertiary/aromatic N) is 3. The van der Waals surface area contributed by atoms with E-state index in [4.69, 9.17) is 10.5 Å². The zero-order chi connectivity index (χ0) is 22.8. The fourth-order valence-corrected chi connectivity index (χ4v) is 5.02. The third-order valence-corrected chi connectivity index (χ3v) is 6.71. The van der Waals surface area contributed by atoms with E-state index < -0.39 is 28.2 Å². The summed E-state index contributed by atoms with van der Waals surface area (Å²) >= 11 is 2.66. The standard InChI is InChI=1S/C19H17N5O6S2/c20-19-21-11(9-32-19)7-14(25)22-15-16(26)23-13(5-6-31-17(15)23)18(27)30-8-10-1-3-12(4-2-10)24(28)29/h1-5,9,15,17H,6-8H2,(H2,20,21)(H,22,25)/t15?,17-/m0/s1. The molecule has 1 saturated heterocycles. The van der Waals surface area contributed by atoms with Crippen molar-refractivity contribution in [2.45, 2.75) is 24.4 Å². The number of nitrogens with one attached hydrogen (secondary N) is 1. The van der Waals surface area contributed by atoms with Crippen LogP contribution >= 0.6 is 23.1 Å². The topological polar surface area (TPSA) is 158 Å². The minimum Gasteiger partial charge on any atom is -0.456 e. The average molecular weight is 476 g/mol. The van der Waals surface area contributed by atoms with Gasteiger partial charge in [-0.1, -0.05) is 0 Å². The number of benzene rings is 1. The average Bonchev–Trinajstić information content (AvgIpc) is 3.19. The molecule has 1 aromatic carbocycles. The van der Waals surface area contributed by atoms with Crippen molar-refractivity contribution in [1.82, 2.24) is 15.2 Å². The number of nitro benzene ring substituents is 1. The number of nitrogens with two attached hydrogens (primary N) is 1. The number of nitro groups is 1. The molecule has 1 fully saturated rings. The van der Waals surface area contributed by atoms with E-state index in [1.807, 2.05) is 0 Å². The number of hydrogen-bond acceptors (Lipinski definition) is 10. The molecule has 1 unspecified atom stereocenters. The second-order valence-corrected chi connectivity index (χ2v) is 8.96. The Morgan fingerprint density at radius 3 is 2.75 bits per heavy atom. The summed E-state index contributed by atoms with van der Waals surface area (Å²) in [5.74, 6) is -0.951. The number of hydrogen-bond donors (Lipinski definition) is 2. The number of rotatable bonds is 7. The molecular formula is C19H17N5O6S2. The Hall–Kier alpha value is -3.45. The maximum atomic E-state index is 12.6. The number of ether oxygens (including phenoxy) is 1. The number of aromatic nitrogens is 1. The summed E-state index contributed by atoms with van der Waals surface area (Å²) in [7, 11) is 0. The Labute approximate surface area is 189 Å². The van der Waals surface area contributed by atoms with Crippen molar-refractivity contribution in [3.05, 3.63) is 62.8 Å². The molecule has 2 aliphatic rings. The van der Waals surface area contributed by atoms with Gasteiger partial charge in [0, 0.05) is 23.3 Å². The molecule has 0 bridgehead atoms. The summed E-state index contributed by atoms with van der Waals surface area (Å²) in [4.78, 5) is 53.0. The van der Waals surface area contributed by atoms with Crippen molar-refractivity contribution in [2.24, 2.45) is 0 Å². The quantitative estimate of drug-likeness (QED) is 0.260. The minimum absolute atomic E-state index is 0.00877. The fraction of sp³-hybridized carbons (Fsp3) is 0.263. The Kier molecular flexibility index (Phi) is 6.10. The zero-order valence-corrected chi connectivity index (χ0v) is 18.1. The molecule has 2 aliphatic heterocycles. The van der Waals surface area contributed by atoms with Gasteiger partial charge < -0.3 is 15.8 Å². The molecule has 1 aromatic heterocycles. The van der Waals surface area contributed by atoms with Gasteiger partial charge >= 0.3 is 5.97 Å². The van der Waals surface area contributed by atoms with Crippen molar-refractivity contribution >= 4 is 51.7 Å². The first-order valence-electron chi connectivity index (χ1n) is 9.38. The van der Waals surface area contributed by atoms with Gasteiger partial charge in [-0.25, -0.2) is 9.78 Å². The van der Waals surface area contributed by atoms with E-state index in [-0.39, 0.29) is 30.3 Å². The Balaban J connectivity index is 1.33. The lowest BCUT2D eigenvalue weighted by atomic mass is 10.0. The predicted molar refractivity (Wildman–Crippen MR) is 116 cm³/mol. The highest BCUT2D eigenvalue weighted by Gasteiger charge is 2.52. The van der Waals surface area contributed by atoms with Crippen molar-refractivity contribution in [3.63, 3.8) is 0 Å². The van der Waals surface area contributed by atoms with E-state index in [2.05, 4.69) is 10.3 Å². The van der Waals surface area contributed by atoms with E-state index in [9.17, 15) is 24.5 Å². The lowest BCUT2D eigenvalue weighted by molar-refractivity contribution is -0.384. The highest BCUT2D eigenvalue weighted by molar-refractivity contribution is 8.00. The predicted octanol–water partition coefficient (Wildman–Crippen LogP) is 1.20. The molecule has 3 N–H and O–H groups in total. The van der Waals surface area contributed by atoms with E-state index >= 15 is 0 Å². The van der Waals surface area contributed by atoms with Gasteiger partial charge in [-0.3, -0.25) is 24.6 Å². The van der Waals surface area contributed by atoms with Crippen LogP contribution in [0.2, 0.25) is 0 Å². The van der Waals surface area contributed by atoms with Crippen molar-refractivity contribution < 1.29 is 24.0 Å². The number of non-ortho nitro benzene ring substituents is 1. The molecule has 2 aromatic rings. The molecule has 11 nitrogen and oxygen atoms in total. The molecule has 166 valence electrons. The van der Waals surface area contributed by atoms with Gasteiger partial charge in [0.25, 0.3) is 11.6 Å². The van der Waals surface area contributed by atoms with Crippen LogP contribution < -0.4 is 11.1 Å². The van der Waals surface area contributed by atoms with Gasteiger partial charge in [-0.2, -0.15) is 0 Å². The highest BCUT2D eigenvalue weighted by Crippen LogP contribution is 2.38. The van der Waals surface area contributed by atoms with Crippen LogP contribution in [0.25, 0.3) is 0 Å². The highest BCUT2D eigenvalue weighted by atomic mass is 32.2. The third-order valence-electron chi connectivity index (χ3n) is 4.80. The van der Waals surface area contributed by atoms with Gasteiger partial charge in [-0.15, -0.1) is 23.1 Å². The van der Waals surface area contributed by atoms with Crippen LogP contribution in [0, 0.1) is 10.1 Å². The number of thiazole rings is 1. The van der Waals surface area contributed by atoms with Gasteiger partial charge in [0.05, 0.1) is 17.0 Å². The SMILES string of the molecule is Nc1nc(CC(=O)NC2C(=O)N3C(C(=O)OCc4ccc([N+](=O)[O-])cc4)=CCS[C@@H]23)cs1. The number of fused-ring (bicyclic) bond motifs is 1. The minimum atomic E-state index is -0.741. The number of thioether (sulfide) groups is 1. The molecule has 2 amide bonds. The third kappa shape index (κ3) is 4.43. The maximum Gasteiger partial charge on any atom is 0.355 e. The first kappa shape index (κ1) is 21.8. The van der Waals surface area contributed by atoms with E-state index in [1.165, 1.54) is 52.3 Å². The molecule has 3 heterocycles. The van der Waals surface area contributed by atoms with E-state index in [0.29, 0.717) is 22.1 Å².